The van der Waals surface area contributed by atoms with E-state index in [9.17, 15) is 18.0 Å². The molecule has 0 bridgehead atoms. The van der Waals surface area contributed by atoms with Crippen LogP contribution in [0, 0.1) is 6.92 Å². The van der Waals surface area contributed by atoms with Crippen LogP contribution in [0.3, 0.4) is 0 Å². The van der Waals surface area contributed by atoms with Crippen molar-refractivity contribution in [3.63, 3.8) is 0 Å². The van der Waals surface area contributed by atoms with Crippen LogP contribution in [0.15, 0.2) is 41.3 Å². The Morgan fingerprint density at radius 1 is 1.12 bits per heavy atom. The Bertz CT molecular complexity index is 1120. The average Bonchev–Trinajstić information content (AvgIpc) is 3.51. The van der Waals surface area contributed by atoms with Crippen LogP contribution in [-0.4, -0.2) is 32.9 Å². The van der Waals surface area contributed by atoms with Crippen molar-refractivity contribution in [2.24, 2.45) is 0 Å². The molecule has 0 radical (unpaired) electrons. The van der Waals surface area contributed by atoms with Gasteiger partial charge in [0.2, 0.25) is 10.0 Å². The lowest BCUT2D eigenvalue weighted by Crippen LogP contribution is -2.31. The van der Waals surface area contributed by atoms with Crippen LogP contribution in [0.1, 0.15) is 53.7 Å². The molecular formula is C22H24Cl2N2O5S. The van der Waals surface area contributed by atoms with Gasteiger partial charge in [-0.25, -0.2) is 13.1 Å². The highest BCUT2D eigenvalue weighted by Crippen LogP contribution is 2.31. The highest BCUT2D eigenvalue weighted by Gasteiger charge is 2.31. The number of nitrogens with one attached hydrogen (secondary N) is 2. The number of halogens is 2. The summed E-state index contributed by atoms with van der Waals surface area (Å²) in [6, 6.07) is 8.90. The van der Waals surface area contributed by atoms with Crippen molar-refractivity contribution in [2.45, 2.75) is 50.1 Å². The topological polar surface area (TPSA) is 102 Å². The maximum Gasteiger partial charge on any atom is 0.308 e. The second-order valence-corrected chi connectivity index (χ2v) is 10.1. The number of amides is 1. The van der Waals surface area contributed by atoms with E-state index in [1.165, 1.54) is 6.07 Å². The number of sulfonamides is 1. The Kier molecular flexibility index (Phi) is 7.82. The quantitative estimate of drug-likeness (QED) is 0.505. The van der Waals surface area contributed by atoms with E-state index in [2.05, 4.69) is 10.0 Å². The Morgan fingerprint density at radius 3 is 2.38 bits per heavy atom. The van der Waals surface area contributed by atoms with E-state index in [0.717, 1.165) is 24.5 Å². The summed E-state index contributed by atoms with van der Waals surface area (Å²) in [4.78, 5) is 25.0. The predicted molar refractivity (Wildman–Crippen MR) is 122 cm³/mol. The normalized spacial score (nSPS) is 14.6. The first-order valence-corrected chi connectivity index (χ1v) is 12.4. The third-order valence-electron chi connectivity index (χ3n) is 4.92. The van der Waals surface area contributed by atoms with Gasteiger partial charge >= 0.3 is 5.97 Å². The van der Waals surface area contributed by atoms with E-state index in [-0.39, 0.29) is 39.6 Å². The molecule has 2 aromatic carbocycles. The van der Waals surface area contributed by atoms with Crippen LogP contribution in [0.2, 0.25) is 10.0 Å². The molecule has 0 spiro atoms. The number of hydrogen-bond donors (Lipinski definition) is 2. The van der Waals surface area contributed by atoms with Crippen LogP contribution in [-0.2, 0) is 19.6 Å². The first kappa shape index (κ1) is 24.5. The van der Waals surface area contributed by atoms with E-state index in [4.69, 9.17) is 27.9 Å². The van der Waals surface area contributed by atoms with Gasteiger partial charge in [-0.2, -0.15) is 0 Å². The second-order valence-electron chi connectivity index (χ2n) is 7.60. The van der Waals surface area contributed by atoms with Crippen LogP contribution in [0.25, 0.3) is 0 Å². The second kappa shape index (κ2) is 10.2. The molecule has 3 rings (SSSR count). The molecule has 172 valence electrons. The number of carbonyl (C=O) groups excluding carboxylic acids is 2. The lowest BCUT2D eigenvalue weighted by molar-refractivity contribution is -0.143. The maximum absolute atomic E-state index is 13.1. The van der Waals surface area contributed by atoms with Crippen molar-refractivity contribution in [2.75, 3.05) is 6.61 Å². The molecular weight excluding hydrogens is 475 g/mol. The largest absolute Gasteiger partial charge is 0.466 e. The van der Waals surface area contributed by atoms with Gasteiger partial charge in [-0.3, -0.25) is 9.59 Å². The highest BCUT2D eigenvalue weighted by atomic mass is 35.5. The fraction of sp³-hybridized carbons (Fsp3) is 0.364. The summed E-state index contributed by atoms with van der Waals surface area (Å²) in [6.07, 6.45) is 1.41. The molecule has 0 aromatic heterocycles. The molecule has 7 nitrogen and oxygen atoms in total. The number of rotatable bonds is 9. The molecule has 10 heteroatoms. The number of hydrogen-bond acceptors (Lipinski definition) is 5. The fourth-order valence-corrected chi connectivity index (χ4v) is 5.23. The summed E-state index contributed by atoms with van der Waals surface area (Å²) in [5.41, 5.74) is 1.66. The van der Waals surface area contributed by atoms with E-state index in [1.54, 1.807) is 19.1 Å². The van der Waals surface area contributed by atoms with Gasteiger partial charge in [-0.05, 0) is 44.4 Å². The van der Waals surface area contributed by atoms with Crippen molar-refractivity contribution in [3.8, 4) is 0 Å². The molecule has 2 N–H and O–H groups in total. The van der Waals surface area contributed by atoms with Crippen molar-refractivity contribution in [1.82, 2.24) is 10.0 Å². The van der Waals surface area contributed by atoms with Crippen LogP contribution >= 0.6 is 23.2 Å². The van der Waals surface area contributed by atoms with Crippen LogP contribution < -0.4 is 10.0 Å². The van der Waals surface area contributed by atoms with Crippen LogP contribution in [0.5, 0.6) is 0 Å². The Balaban J connectivity index is 1.90. The molecule has 1 saturated carbocycles. The standard InChI is InChI=1S/C22H24Cl2N2O5S/c1-3-31-21(27)12-19(14-6-4-13(2)5-7-14)25-22(28)16-10-20(18(24)11-17(16)23)32(29,30)26-15-8-9-15/h4-7,10-11,15,19,26H,3,8-9,12H2,1-2H3,(H,25,28)/t19-/m0/s1. The van der Waals surface area contributed by atoms with Gasteiger partial charge in [0, 0.05) is 6.04 Å². The molecule has 1 aliphatic carbocycles. The minimum Gasteiger partial charge on any atom is -0.466 e. The summed E-state index contributed by atoms with van der Waals surface area (Å²) in [6.45, 7) is 3.84. The third-order valence-corrected chi connectivity index (χ3v) is 7.21. The molecule has 2 aromatic rings. The minimum atomic E-state index is -3.91. The molecule has 0 aliphatic heterocycles. The van der Waals surface area contributed by atoms with Gasteiger partial charge in [-0.1, -0.05) is 53.0 Å². The lowest BCUT2D eigenvalue weighted by Gasteiger charge is -2.20. The van der Waals surface area contributed by atoms with Crippen molar-refractivity contribution in [3.05, 3.63) is 63.1 Å². The Morgan fingerprint density at radius 2 is 1.78 bits per heavy atom. The van der Waals surface area contributed by atoms with Crippen molar-refractivity contribution in [1.29, 1.82) is 0 Å². The fourth-order valence-electron chi connectivity index (χ4n) is 3.07. The van der Waals surface area contributed by atoms with Gasteiger partial charge in [0.1, 0.15) is 4.90 Å². The summed E-state index contributed by atoms with van der Waals surface area (Å²) in [5, 5.41) is 2.68. The van der Waals surface area contributed by atoms with E-state index in [1.807, 2.05) is 19.1 Å². The zero-order chi connectivity index (χ0) is 23.5. The van der Waals surface area contributed by atoms with Crippen molar-refractivity contribution >= 4 is 45.1 Å². The smallest absolute Gasteiger partial charge is 0.308 e. The predicted octanol–water partition coefficient (Wildman–Crippen LogP) is 4.17. The lowest BCUT2D eigenvalue weighted by atomic mass is 10.0. The summed E-state index contributed by atoms with van der Waals surface area (Å²) < 4.78 is 32.9. The molecule has 32 heavy (non-hydrogen) atoms. The van der Waals surface area contributed by atoms with E-state index < -0.39 is 27.9 Å². The first-order chi connectivity index (χ1) is 15.1. The van der Waals surface area contributed by atoms with Crippen molar-refractivity contribution < 1.29 is 22.7 Å². The number of aryl methyl sites for hydroxylation is 1. The zero-order valence-corrected chi connectivity index (χ0v) is 20.0. The first-order valence-electron chi connectivity index (χ1n) is 10.1. The summed E-state index contributed by atoms with van der Waals surface area (Å²) in [5.74, 6) is -1.11. The molecule has 0 unspecified atom stereocenters. The number of benzene rings is 2. The number of esters is 1. The van der Waals surface area contributed by atoms with Gasteiger partial charge in [0.05, 0.1) is 34.7 Å². The highest BCUT2D eigenvalue weighted by molar-refractivity contribution is 7.89. The minimum absolute atomic E-state index is 0.00309. The molecule has 1 atom stereocenters. The van der Waals surface area contributed by atoms with Crippen LogP contribution in [0.4, 0.5) is 0 Å². The number of ether oxygens (including phenoxy) is 1. The SMILES string of the molecule is CCOC(=O)C[C@H](NC(=O)c1cc(S(=O)(=O)NC2CC2)c(Cl)cc1Cl)c1ccc(C)cc1. The monoisotopic (exact) mass is 498 g/mol. The average molecular weight is 499 g/mol. The number of carbonyl (C=O) groups is 2. The molecule has 1 aliphatic rings. The Labute approximate surface area is 197 Å². The van der Waals surface area contributed by atoms with Gasteiger partial charge in [0.15, 0.2) is 0 Å². The Hall–Kier alpha value is -2.13. The molecule has 0 saturated heterocycles. The van der Waals surface area contributed by atoms with Gasteiger partial charge < -0.3 is 10.1 Å². The van der Waals surface area contributed by atoms with Gasteiger partial charge in [-0.15, -0.1) is 0 Å². The van der Waals surface area contributed by atoms with Gasteiger partial charge in [0.25, 0.3) is 5.91 Å². The molecule has 1 amide bonds. The molecule has 1 fully saturated rings. The van der Waals surface area contributed by atoms with E-state index in [0.29, 0.717) is 5.56 Å². The maximum atomic E-state index is 13.1. The third kappa shape index (κ3) is 6.22. The van der Waals surface area contributed by atoms with E-state index >= 15 is 0 Å². The molecule has 0 heterocycles. The summed E-state index contributed by atoms with van der Waals surface area (Å²) >= 11 is 12.3. The zero-order valence-electron chi connectivity index (χ0n) is 17.7. The summed E-state index contributed by atoms with van der Waals surface area (Å²) in [7, 11) is -3.91.